The summed E-state index contributed by atoms with van der Waals surface area (Å²) in [6, 6.07) is 8.21. The minimum absolute atomic E-state index is 0.145. The van der Waals surface area contributed by atoms with E-state index < -0.39 is 0 Å². The van der Waals surface area contributed by atoms with Gasteiger partial charge in [-0.05, 0) is 31.0 Å². The van der Waals surface area contributed by atoms with Crippen molar-refractivity contribution in [2.75, 3.05) is 26.3 Å². The Morgan fingerprint density at radius 1 is 1.29 bits per heavy atom. The van der Waals surface area contributed by atoms with Crippen LogP contribution < -0.4 is 5.32 Å². The minimum atomic E-state index is 0.145. The number of ether oxygens (including phenoxy) is 1. The zero-order valence-electron chi connectivity index (χ0n) is 10.3. The Bertz CT molecular complexity index is 361. The zero-order chi connectivity index (χ0) is 12.1. The van der Waals surface area contributed by atoms with Gasteiger partial charge in [0.1, 0.15) is 0 Å². The van der Waals surface area contributed by atoms with E-state index in [0.717, 1.165) is 44.2 Å². The second kappa shape index (κ2) is 5.85. The van der Waals surface area contributed by atoms with Crippen LogP contribution in [0.2, 0.25) is 5.02 Å². The minimum Gasteiger partial charge on any atom is -0.381 e. The fourth-order valence-corrected chi connectivity index (χ4v) is 2.90. The predicted molar refractivity (Wildman–Crippen MR) is 71.7 cm³/mol. The van der Waals surface area contributed by atoms with Crippen molar-refractivity contribution in [3.05, 3.63) is 34.9 Å². The predicted octanol–water partition coefficient (Wildman–Crippen LogP) is 3.00. The molecule has 3 heteroatoms. The van der Waals surface area contributed by atoms with Crippen molar-refractivity contribution in [2.24, 2.45) is 0 Å². The van der Waals surface area contributed by atoms with Gasteiger partial charge in [0.25, 0.3) is 0 Å². The molecule has 1 N–H and O–H groups in total. The molecule has 0 radical (unpaired) electrons. The lowest BCUT2D eigenvalue weighted by atomic mass is 9.74. The SMILES string of the molecule is CCNCC1(c2ccccc2Cl)CCOCC1. The molecule has 1 aromatic rings. The van der Waals surface area contributed by atoms with Gasteiger partial charge in [-0.1, -0.05) is 36.7 Å². The van der Waals surface area contributed by atoms with Crippen molar-refractivity contribution in [3.8, 4) is 0 Å². The average molecular weight is 254 g/mol. The van der Waals surface area contributed by atoms with Crippen LogP contribution in [-0.4, -0.2) is 26.3 Å². The standard InChI is InChI=1S/C14H20ClNO/c1-2-16-11-14(7-9-17-10-8-14)12-5-3-4-6-13(12)15/h3-6,16H,2,7-11H2,1H3. The van der Waals surface area contributed by atoms with E-state index in [-0.39, 0.29) is 5.41 Å². The average Bonchev–Trinajstić information content (AvgIpc) is 2.38. The number of halogens is 1. The number of rotatable bonds is 4. The lowest BCUT2D eigenvalue weighted by Gasteiger charge is -2.38. The smallest absolute Gasteiger partial charge is 0.0475 e. The highest BCUT2D eigenvalue weighted by Crippen LogP contribution is 2.37. The molecule has 1 heterocycles. The lowest BCUT2D eigenvalue weighted by molar-refractivity contribution is 0.0501. The summed E-state index contributed by atoms with van der Waals surface area (Å²) in [6.07, 6.45) is 2.09. The molecule has 17 heavy (non-hydrogen) atoms. The van der Waals surface area contributed by atoms with E-state index in [1.165, 1.54) is 5.56 Å². The fraction of sp³-hybridized carbons (Fsp3) is 0.571. The molecule has 2 nitrogen and oxygen atoms in total. The molecule has 1 aliphatic heterocycles. The van der Waals surface area contributed by atoms with E-state index in [9.17, 15) is 0 Å². The third-order valence-electron chi connectivity index (χ3n) is 3.61. The largest absolute Gasteiger partial charge is 0.381 e. The van der Waals surface area contributed by atoms with Crippen molar-refractivity contribution in [1.29, 1.82) is 0 Å². The topological polar surface area (TPSA) is 21.3 Å². The monoisotopic (exact) mass is 253 g/mol. The molecule has 0 atom stereocenters. The second-order valence-corrected chi connectivity index (χ2v) is 5.06. The summed E-state index contributed by atoms with van der Waals surface area (Å²) in [5.41, 5.74) is 1.41. The number of hydrogen-bond acceptors (Lipinski definition) is 2. The van der Waals surface area contributed by atoms with Crippen molar-refractivity contribution in [3.63, 3.8) is 0 Å². The second-order valence-electron chi connectivity index (χ2n) is 4.65. The molecule has 1 saturated heterocycles. The summed E-state index contributed by atoms with van der Waals surface area (Å²) >= 11 is 6.36. The summed E-state index contributed by atoms with van der Waals surface area (Å²) in [7, 11) is 0. The van der Waals surface area contributed by atoms with Gasteiger partial charge in [0, 0.05) is 30.2 Å². The molecule has 0 bridgehead atoms. The van der Waals surface area contributed by atoms with Gasteiger partial charge >= 0.3 is 0 Å². The maximum atomic E-state index is 6.36. The summed E-state index contributed by atoms with van der Waals surface area (Å²) in [5, 5.41) is 4.35. The van der Waals surface area contributed by atoms with Gasteiger partial charge in [-0.15, -0.1) is 0 Å². The number of benzene rings is 1. The van der Waals surface area contributed by atoms with Crippen molar-refractivity contribution in [1.82, 2.24) is 5.32 Å². The van der Waals surface area contributed by atoms with Crippen LogP contribution in [0, 0.1) is 0 Å². The van der Waals surface area contributed by atoms with Gasteiger partial charge in [0.2, 0.25) is 0 Å². The van der Waals surface area contributed by atoms with Crippen molar-refractivity contribution in [2.45, 2.75) is 25.2 Å². The molecule has 94 valence electrons. The zero-order valence-corrected chi connectivity index (χ0v) is 11.1. The van der Waals surface area contributed by atoms with Gasteiger partial charge in [-0.2, -0.15) is 0 Å². The first-order valence-corrected chi connectivity index (χ1v) is 6.70. The summed E-state index contributed by atoms with van der Waals surface area (Å²) in [5.74, 6) is 0. The van der Waals surface area contributed by atoms with Gasteiger partial charge < -0.3 is 10.1 Å². The van der Waals surface area contributed by atoms with E-state index in [1.54, 1.807) is 0 Å². The molecule has 1 aliphatic rings. The van der Waals surface area contributed by atoms with Gasteiger partial charge in [0.05, 0.1) is 0 Å². The molecule has 0 aliphatic carbocycles. The van der Waals surface area contributed by atoms with Crippen LogP contribution >= 0.6 is 11.6 Å². The van der Waals surface area contributed by atoms with Crippen LogP contribution in [0.3, 0.4) is 0 Å². The van der Waals surface area contributed by atoms with Gasteiger partial charge in [-0.3, -0.25) is 0 Å². The number of nitrogens with one attached hydrogen (secondary N) is 1. The fourth-order valence-electron chi connectivity index (χ4n) is 2.56. The third-order valence-corrected chi connectivity index (χ3v) is 3.94. The summed E-state index contributed by atoms with van der Waals surface area (Å²) in [4.78, 5) is 0. The Labute approximate surface area is 108 Å². The molecular formula is C14H20ClNO. The highest BCUT2D eigenvalue weighted by Gasteiger charge is 2.35. The molecule has 0 unspecified atom stereocenters. The van der Waals surface area contributed by atoms with Crippen LogP contribution in [0.1, 0.15) is 25.3 Å². The van der Waals surface area contributed by atoms with Crippen LogP contribution in [0.25, 0.3) is 0 Å². The first-order valence-electron chi connectivity index (χ1n) is 6.32. The Morgan fingerprint density at radius 3 is 2.65 bits per heavy atom. The Morgan fingerprint density at radius 2 is 2.00 bits per heavy atom. The molecule has 1 fully saturated rings. The Kier molecular flexibility index (Phi) is 4.43. The number of hydrogen-bond donors (Lipinski definition) is 1. The summed E-state index contributed by atoms with van der Waals surface area (Å²) in [6.45, 7) is 5.77. The third kappa shape index (κ3) is 2.82. The van der Waals surface area contributed by atoms with E-state index in [0.29, 0.717) is 0 Å². The highest BCUT2D eigenvalue weighted by atomic mass is 35.5. The molecule has 0 spiro atoms. The van der Waals surface area contributed by atoms with Crippen molar-refractivity contribution < 1.29 is 4.74 Å². The molecule has 1 aromatic carbocycles. The van der Waals surface area contributed by atoms with Gasteiger partial charge in [0.15, 0.2) is 0 Å². The van der Waals surface area contributed by atoms with E-state index in [1.807, 2.05) is 12.1 Å². The Hall–Kier alpha value is -0.570. The van der Waals surface area contributed by atoms with Crippen LogP contribution in [0.15, 0.2) is 24.3 Å². The number of likely N-dealkylation sites (N-methyl/N-ethyl adjacent to an activating group) is 1. The molecule has 0 amide bonds. The maximum absolute atomic E-state index is 6.36. The Balaban J connectivity index is 2.28. The normalized spacial score (nSPS) is 19.2. The van der Waals surface area contributed by atoms with Crippen LogP contribution in [-0.2, 0) is 10.2 Å². The molecular weight excluding hydrogens is 234 g/mol. The summed E-state index contributed by atoms with van der Waals surface area (Å²) < 4.78 is 5.50. The molecule has 0 saturated carbocycles. The first kappa shape index (κ1) is 12.9. The van der Waals surface area contributed by atoms with E-state index >= 15 is 0 Å². The van der Waals surface area contributed by atoms with E-state index in [2.05, 4.69) is 24.4 Å². The van der Waals surface area contributed by atoms with Crippen LogP contribution in [0.5, 0.6) is 0 Å². The maximum Gasteiger partial charge on any atom is 0.0475 e. The molecule has 2 rings (SSSR count). The molecule has 0 aromatic heterocycles. The highest BCUT2D eigenvalue weighted by molar-refractivity contribution is 6.31. The quantitative estimate of drug-likeness (QED) is 0.891. The van der Waals surface area contributed by atoms with Crippen LogP contribution in [0.4, 0.5) is 0 Å². The van der Waals surface area contributed by atoms with E-state index in [4.69, 9.17) is 16.3 Å². The lowest BCUT2D eigenvalue weighted by Crippen LogP contribution is -2.43. The van der Waals surface area contributed by atoms with Gasteiger partial charge in [-0.25, -0.2) is 0 Å². The van der Waals surface area contributed by atoms with Crippen molar-refractivity contribution >= 4 is 11.6 Å². The first-order chi connectivity index (χ1) is 8.28.